The molecule has 0 unspecified atom stereocenters. The molecule has 5 nitrogen and oxygen atoms in total. The molecule has 16 heavy (non-hydrogen) atoms. The van der Waals surface area contributed by atoms with Crippen LogP contribution in [0.15, 0.2) is 29.4 Å². The average molecular weight is 246 g/mol. The summed E-state index contributed by atoms with van der Waals surface area (Å²) >= 11 is 0. The molecule has 0 atom stereocenters. The Bertz CT molecular complexity index is 482. The maximum absolute atomic E-state index is 12.6. The Kier molecular flexibility index (Phi) is 3.83. The van der Waals surface area contributed by atoms with Crippen LogP contribution in [0.1, 0.15) is 5.56 Å². The fraction of sp³-hybridized carbons (Fsp3) is 0.222. The van der Waals surface area contributed by atoms with Gasteiger partial charge in [0.1, 0.15) is 11.6 Å². The van der Waals surface area contributed by atoms with E-state index in [-0.39, 0.29) is 11.6 Å². The first-order valence-electron chi connectivity index (χ1n) is 4.34. The molecular formula is C9H11FN2O3S. The van der Waals surface area contributed by atoms with E-state index in [4.69, 9.17) is 10.9 Å². The first-order chi connectivity index (χ1) is 7.43. The lowest BCUT2D eigenvalue weighted by atomic mass is 10.2. The Hall–Kier alpha value is -1.63. The van der Waals surface area contributed by atoms with Crippen molar-refractivity contribution in [3.05, 3.63) is 35.6 Å². The quantitative estimate of drug-likeness (QED) is 0.350. The Balaban J connectivity index is 2.77. The van der Waals surface area contributed by atoms with Gasteiger partial charge in [-0.3, -0.25) is 0 Å². The number of benzene rings is 1. The van der Waals surface area contributed by atoms with Crippen molar-refractivity contribution < 1.29 is 18.0 Å². The normalized spacial score (nSPS) is 12.7. The first-order valence-corrected chi connectivity index (χ1v) is 6.16. The van der Waals surface area contributed by atoms with Crippen molar-refractivity contribution in [2.75, 3.05) is 5.75 Å². The van der Waals surface area contributed by atoms with E-state index in [0.29, 0.717) is 5.56 Å². The van der Waals surface area contributed by atoms with Crippen molar-refractivity contribution in [1.29, 1.82) is 0 Å². The monoisotopic (exact) mass is 246 g/mol. The zero-order valence-corrected chi connectivity index (χ0v) is 9.11. The number of hydrogen-bond acceptors (Lipinski definition) is 4. The van der Waals surface area contributed by atoms with E-state index in [1.807, 2.05) is 0 Å². The van der Waals surface area contributed by atoms with Gasteiger partial charge >= 0.3 is 0 Å². The molecule has 0 aliphatic carbocycles. The van der Waals surface area contributed by atoms with Crippen molar-refractivity contribution >= 4 is 15.7 Å². The molecule has 0 aliphatic heterocycles. The number of sulfone groups is 1. The standard InChI is InChI=1S/C9H11FN2O3S/c10-8-3-1-7(2-4-8)5-16(14,15)6-9(11)12-13/h1-4,13H,5-6H2,(H2,11,12). The van der Waals surface area contributed by atoms with Crippen LogP contribution in [0.4, 0.5) is 4.39 Å². The molecule has 0 aliphatic rings. The Morgan fingerprint density at radius 3 is 2.44 bits per heavy atom. The van der Waals surface area contributed by atoms with Gasteiger partial charge in [-0.1, -0.05) is 17.3 Å². The first kappa shape index (κ1) is 12.4. The molecule has 0 bridgehead atoms. The molecule has 0 spiro atoms. The lowest BCUT2D eigenvalue weighted by Crippen LogP contribution is -2.24. The highest BCUT2D eigenvalue weighted by Crippen LogP contribution is 2.08. The van der Waals surface area contributed by atoms with Gasteiger partial charge in [-0.15, -0.1) is 0 Å². The summed E-state index contributed by atoms with van der Waals surface area (Å²) in [6, 6.07) is 5.10. The number of nitrogens with zero attached hydrogens (tertiary/aromatic N) is 1. The predicted octanol–water partition coefficient (Wildman–Crippen LogP) is 0.487. The van der Waals surface area contributed by atoms with Gasteiger partial charge in [0.05, 0.1) is 5.75 Å². The van der Waals surface area contributed by atoms with Crippen molar-refractivity contribution in [3.8, 4) is 0 Å². The third-order valence-corrected chi connectivity index (χ3v) is 3.30. The molecule has 0 fully saturated rings. The third-order valence-electron chi connectivity index (χ3n) is 1.80. The number of hydrogen-bond donors (Lipinski definition) is 2. The van der Waals surface area contributed by atoms with Crippen molar-refractivity contribution in [3.63, 3.8) is 0 Å². The van der Waals surface area contributed by atoms with E-state index in [9.17, 15) is 12.8 Å². The van der Waals surface area contributed by atoms with Gasteiger partial charge in [0.15, 0.2) is 15.7 Å². The zero-order chi connectivity index (χ0) is 12.2. The Morgan fingerprint density at radius 2 is 1.94 bits per heavy atom. The molecule has 0 saturated carbocycles. The van der Waals surface area contributed by atoms with Crippen LogP contribution in [0.2, 0.25) is 0 Å². The van der Waals surface area contributed by atoms with Gasteiger partial charge in [0, 0.05) is 0 Å². The lowest BCUT2D eigenvalue weighted by molar-refractivity contribution is 0.318. The second-order valence-electron chi connectivity index (χ2n) is 3.25. The summed E-state index contributed by atoms with van der Waals surface area (Å²) in [5.41, 5.74) is 5.55. The van der Waals surface area contributed by atoms with Crippen LogP contribution in [-0.4, -0.2) is 25.2 Å². The summed E-state index contributed by atoms with van der Waals surface area (Å²) in [4.78, 5) is 0. The Morgan fingerprint density at radius 1 is 1.38 bits per heavy atom. The topological polar surface area (TPSA) is 92.8 Å². The highest BCUT2D eigenvalue weighted by atomic mass is 32.2. The van der Waals surface area contributed by atoms with E-state index in [1.54, 1.807) is 0 Å². The molecule has 1 aromatic carbocycles. The van der Waals surface area contributed by atoms with Gasteiger partial charge in [-0.25, -0.2) is 12.8 Å². The molecule has 0 aromatic heterocycles. The molecule has 88 valence electrons. The highest BCUT2D eigenvalue weighted by molar-refractivity contribution is 7.91. The smallest absolute Gasteiger partial charge is 0.161 e. The Labute approximate surface area is 92.3 Å². The molecule has 1 aromatic rings. The largest absolute Gasteiger partial charge is 0.409 e. The van der Waals surface area contributed by atoms with E-state index in [1.165, 1.54) is 24.3 Å². The van der Waals surface area contributed by atoms with Crippen molar-refractivity contribution in [2.45, 2.75) is 5.75 Å². The summed E-state index contributed by atoms with van der Waals surface area (Å²) in [5, 5.41) is 10.8. The van der Waals surface area contributed by atoms with E-state index < -0.39 is 21.4 Å². The molecule has 1 rings (SSSR count). The van der Waals surface area contributed by atoms with Crippen LogP contribution in [0, 0.1) is 5.82 Å². The fourth-order valence-corrected chi connectivity index (χ4v) is 2.45. The molecule has 0 radical (unpaired) electrons. The maximum atomic E-state index is 12.6. The van der Waals surface area contributed by atoms with Crippen LogP contribution >= 0.6 is 0 Å². The van der Waals surface area contributed by atoms with Gasteiger partial charge in [0.2, 0.25) is 0 Å². The van der Waals surface area contributed by atoms with Gasteiger partial charge in [-0.05, 0) is 17.7 Å². The van der Waals surface area contributed by atoms with E-state index >= 15 is 0 Å². The van der Waals surface area contributed by atoms with Crippen molar-refractivity contribution in [1.82, 2.24) is 0 Å². The summed E-state index contributed by atoms with van der Waals surface area (Å²) in [6.07, 6.45) is 0. The fourth-order valence-electron chi connectivity index (χ4n) is 1.14. The summed E-state index contributed by atoms with van der Waals surface area (Å²) in [5.74, 6) is -1.61. The summed E-state index contributed by atoms with van der Waals surface area (Å²) in [7, 11) is -3.50. The highest BCUT2D eigenvalue weighted by Gasteiger charge is 2.14. The van der Waals surface area contributed by atoms with Crippen LogP contribution in [-0.2, 0) is 15.6 Å². The van der Waals surface area contributed by atoms with Crippen LogP contribution in [0.5, 0.6) is 0 Å². The van der Waals surface area contributed by atoms with Gasteiger partial charge in [0.25, 0.3) is 0 Å². The second kappa shape index (κ2) is 4.93. The van der Waals surface area contributed by atoms with Crippen LogP contribution in [0.25, 0.3) is 0 Å². The van der Waals surface area contributed by atoms with E-state index in [2.05, 4.69) is 5.16 Å². The minimum Gasteiger partial charge on any atom is -0.409 e. The average Bonchev–Trinajstić information content (AvgIpc) is 2.20. The molecule has 3 N–H and O–H groups in total. The number of nitrogens with two attached hydrogens (primary N) is 1. The summed E-state index contributed by atoms with van der Waals surface area (Å²) < 4.78 is 35.5. The van der Waals surface area contributed by atoms with Gasteiger partial charge < -0.3 is 10.9 Å². The molecule has 0 heterocycles. The van der Waals surface area contributed by atoms with Crippen molar-refractivity contribution in [2.24, 2.45) is 10.9 Å². The lowest BCUT2D eigenvalue weighted by Gasteiger charge is -2.03. The van der Waals surface area contributed by atoms with Crippen LogP contribution < -0.4 is 5.73 Å². The minimum atomic E-state index is -3.50. The molecular weight excluding hydrogens is 235 g/mol. The summed E-state index contributed by atoms with van der Waals surface area (Å²) in [6.45, 7) is 0. The number of halogens is 1. The maximum Gasteiger partial charge on any atom is 0.161 e. The second-order valence-corrected chi connectivity index (χ2v) is 5.31. The predicted molar refractivity (Wildman–Crippen MR) is 57.3 cm³/mol. The van der Waals surface area contributed by atoms with Gasteiger partial charge in [-0.2, -0.15) is 0 Å². The zero-order valence-electron chi connectivity index (χ0n) is 8.30. The molecule has 7 heteroatoms. The van der Waals surface area contributed by atoms with E-state index in [0.717, 1.165) is 0 Å². The number of rotatable bonds is 4. The van der Waals surface area contributed by atoms with Crippen LogP contribution in [0.3, 0.4) is 0 Å². The SMILES string of the molecule is N/C(CS(=O)(=O)Cc1ccc(F)cc1)=N\O. The third kappa shape index (κ3) is 3.85. The minimum absolute atomic E-state index is 0.274. The number of oxime groups is 1. The molecule has 0 amide bonds. The molecule has 0 saturated heterocycles. The number of amidine groups is 1.